The number of aromatic nitrogens is 3. The van der Waals surface area contributed by atoms with Crippen LogP contribution in [0.5, 0.6) is 0 Å². The third kappa shape index (κ3) is 4.92. The van der Waals surface area contributed by atoms with Gasteiger partial charge in [0.05, 0.1) is 23.0 Å². The molecule has 0 fully saturated rings. The van der Waals surface area contributed by atoms with E-state index in [1.54, 1.807) is 12.5 Å². The Labute approximate surface area is 211 Å². The van der Waals surface area contributed by atoms with Crippen LogP contribution in [0.15, 0.2) is 42.9 Å². The van der Waals surface area contributed by atoms with Crippen molar-refractivity contribution < 1.29 is 8.42 Å². The van der Waals surface area contributed by atoms with Gasteiger partial charge in [-0.15, -0.1) is 0 Å². The lowest BCUT2D eigenvalue weighted by molar-refractivity contribution is 0.552. The zero-order chi connectivity index (χ0) is 24.8. The first-order valence-electron chi connectivity index (χ1n) is 11.6. The van der Waals surface area contributed by atoms with Crippen LogP contribution in [0.4, 0.5) is 23.0 Å². The predicted molar refractivity (Wildman–Crippen MR) is 141 cm³/mol. The molecule has 10 heteroatoms. The van der Waals surface area contributed by atoms with Crippen LogP contribution in [0.3, 0.4) is 0 Å². The molecule has 184 valence electrons. The van der Waals surface area contributed by atoms with Crippen LogP contribution in [0.1, 0.15) is 30.7 Å². The van der Waals surface area contributed by atoms with Crippen LogP contribution in [0.25, 0.3) is 0 Å². The van der Waals surface area contributed by atoms with Crippen LogP contribution in [0.2, 0.25) is 5.02 Å². The highest BCUT2D eigenvalue weighted by atomic mass is 35.5. The first-order valence-corrected chi connectivity index (χ1v) is 14.1. The second-order valence-electron chi connectivity index (χ2n) is 9.92. The van der Waals surface area contributed by atoms with Gasteiger partial charge in [0.2, 0.25) is 0 Å². The lowest BCUT2D eigenvalue weighted by Crippen LogP contribution is -2.32. The Balaban J connectivity index is 1.39. The molecule has 0 radical (unpaired) electrons. The Bertz CT molecular complexity index is 1380. The number of hydrogen-bond donors (Lipinski definition) is 1. The minimum atomic E-state index is -3.04. The van der Waals surface area contributed by atoms with Crippen molar-refractivity contribution in [2.24, 2.45) is 0 Å². The molecule has 2 aliphatic heterocycles. The van der Waals surface area contributed by atoms with Gasteiger partial charge in [-0.2, -0.15) is 0 Å². The fourth-order valence-electron chi connectivity index (χ4n) is 4.96. The number of hydrogen-bond acceptors (Lipinski definition) is 8. The van der Waals surface area contributed by atoms with Gasteiger partial charge in [0.1, 0.15) is 27.8 Å². The number of fused-ring (bicyclic) bond motifs is 2. The number of pyridine rings is 1. The molecule has 0 atom stereocenters. The number of sulfone groups is 1. The first-order chi connectivity index (χ1) is 16.6. The van der Waals surface area contributed by atoms with E-state index >= 15 is 0 Å². The fraction of sp³-hybridized carbons (Fsp3) is 0.400. The molecule has 0 bridgehead atoms. The van der Waals surface area contributed by atoms with Gasteiger partial charge < -0.3 is 15.1 Å². The van der Waals surface area contributed by atoms with Crippen molar-refractivity contribution in [2.75, 3.05) is 46.8 Å². The van der Waals surface area contributed by atoms with Gasteiger partial charge in [-0.05, 0) is 36.2 Å². The van der Waals surface area contributed by atoms with E-state index in [0.29, 0.717) is 18.1 Å². The summed E-state index contributed by atoms with van der Waals surface area (Å²) in [5, 5.41) is 4.12. The maximum atomic E-state index is 11.8. The molecule has 4 heterocycles. The molecular weight excluding hydrogens is 484 g/mol. The first kappa shape index (κ1) is 23.8. The van der Waals surface area contributed by atoms with E-state index in [1.165, 1.54) is 11.8 Å². The molecule has 1 aromatic carbocycles. The van der Waals surface area contributed by atoms with Gasteiger partial charge in [-0.1, -0.05) is 31.5 Å². The van der Waals surface area contributed by atoms with E-state index in [9.17, 15) is 8.42 Å². The zero-order valence-corrected chi connectivity index (χ0v) is 21.7. The van der Waals surface area contributed by atoms with Crippen molar-refractivity contribution in [1.82, 2.24) is 15.0 Å². The molecule has 0 spiro atoms. The maximum absolute atomic E-state index is 11.8. The summed E-state index contributed by atoms with van der Waals surface area (Å²) in [6.45, 7) is 7.04. The molecule has 0 aliphatic carbocycles. The van der Waals surface area contributed by atoms with Crippen molar-refractivity contribution in [3.05, 3.63) is 64.7 Å². The average Bonchev–Trinajstić information content (AvgIpc) is 3.07. The van der Waals surface area contributed by atoms with Crippen molar-refractivity contribution >= 4 is 44.4 Å². The van der Waals surface area contributed by atoms with Crippen molar-refractivity contribution in [1.29, 1.82) is 0 Å². The lowest BCUT2D eigenvalue weighted by atomic mass is 9.87. The van der Waals surface area contributed by atoms with Crippen LogP contribution in [-0.2, 0) is 28.2 Å². The summed E-state index contributed by atoms with van der Waals surface area (Å²) < 4.78 is 23.5. The second-order valence-corrected chi connectivity index (χ2v) is 12.6. The van der Waals surface area contributed by atoms with Gasteiger partial charge in [-0.25, -0.2) is 23.4 Å². The number of rotatable bonds is 6. The van der Waals surface area contributed by atoms with Crippen LogP contribution < -0.4 is 15.1 Å². The van der Waals surface area contributed by atoms with Crippen molar-refractivity contribution in [3.63, 3.8) is 0 Å². The Hall–Kier alpha value is -2.91. The quantitative estimate of drug-likeness (QED) is 0.530. The molecule has 5 rings (SSSR count). The van der Waals surface area contributed by atoms with E-state index in [1.807, 2.05) is 12.1 Å². The van der Waals surface area contributed by atoms with Crippen LogP contribution in [-0.4, -0.2) is 55.0 Å². The molecule has 1 N–H and O–H groups in total. The molecule has 0 saturated heterocycles. The molecule has 0 amide bonds. The zero-order valence-electron chi connectivity index (χ0n) is 20.1. The summed E-state index contributed by atoms with van der Waals surface area (Å²) in [5.74, 6) is 1.70. The molecule has 2 aliphatic rings. The SMILES string of the molecule is CC1(C)CN(CCS(C)(=O)=O)c2cc(Nc3ncnc4c3CCN(c3ncccc3Cl)C4)ccc21. The lowest BCUT2D eigenvalue weighted by Gasteiger charge is -2.30. The largest absolute Gasteiger partial charge is 0.369 e. The number of nitrogens with zero attached hydrogens (tertiary/aromatic N) is 5. The minimum absolute atomic E-state index is 0.0460. The molecule has 35 heavy (non-hydrogen) atoms. The third-order valence-electron chi connectivity index (χ3n) is 6.69. The molecule has 0 saturated carbocycles. The van der Waals surface area contributed by atoms with E-state index in [0.717, 1.165) is 53.8 Å². The van der Waals surface area contributed by atoms with E-state index in [4.69, 9.17) is 11.6 Å². The highest BCUT2D eigenvalue weighted by Crippen LogP contribution is 2.42. The monoisotopic (exact) mass is 512 g/mol. The van der Waals surface area contributed by atoms with Gasteiger partial charge in [0.15, 0.2) is 0 Å². The van der Waals surface area contributed by atoms with E-state index in [2.05, 4.69) is 62.1 Å². The van der Waals surface area contributed by atoms with E-state index < -0.39 is 9.84 Å². The Morgan fingerprint density at radius 2 is 2.00 bits per heavy atom. The van der Waals surface area contributed by atoms with E-state index in [-0.39, 0.29) is 11.2 Å². The topological polar surface area (TPSA) is 91.3 Å². The smallest absolute Gasteiger partial charge is 0.149 e. The average molecular weight is 513 g/mol. The molecule has 2 aromatic heterocycles. The summed E-state index contributed by atoms with van der Waals surface area (Å²) in [4.78, 5) is 17.8. The van der Waals surface area contributed by atoms with Gasteiger partial charge >= 0.3 is 0 Å². The summed E-state index contributed by atoms with van der Waals surface area (Å²) in [5.41, 5.74) is 5.21. The Kier molecular flexibility index (Phi) is 6.09. The minimum Gasteiger partial charge on any atom is -0.369 e. The summed E-state index contributed by atoms with van der Waals surface area (Å²) >= 11 is 6.36. The van der Waals surface area contributed by atoms with Gasteiger partial charge in [0, 0.05) is 54.4 Å². The number of anilines is 4. The highest BCUT2D eigenvalue weighted by molar-refractivity contribution is 7.90. The molecule has 3 aromatic rings. The normalized spacial score (nSPS) is 16.7. The number of halogens is 1. The van der Waals surface area contributed by atoms with Crippen molar-refractivity contribution in [2.45, 2.75) is 32.2 Å². The standard InChI is InChI=1S/C25H29ClN6O2S/c1-25(2)15-32(11-12-35(3,33)34)22-13-17(6-7-19(22)25)30-23-18-8-10-31(14-21(18)28-16-29-23)24-20(26)5-4-9-27-24/h4-7,9,13,16H,8,10-12,14-15H2,1-3H3,(H,28,29,30). The Morgan fingerprint density at radius 1 is 1.17 bits per heavy atom. The molecular formula is C25H29ClN6O2S. The number of nitrogens with one attached hydrogen (secondary N) is 1. The highest BCUT2D eigenvalue weighted by Gasteiger charge is 2.35. The van der Waals surface area contributed by atoms with Crippen LogP contribution in [0, 0.1) is 0 Å². The summed E-state index contributed by atoms with van der Waals surface area (Å²) in [6.07, 6.45) is 5.38. The van der Waals surface area contributed by atoms with Crippen molar-refractivity contribution in [3.8, 4) is 0 Å². The van der Waals surface area contributed by atoms with Crippen LogP contribution >= 0.6 is 11.6 Å². The molecule has 0 unspecified atom stereocenters. The number of benzene rings is 1. The Morgan fingerprint density at radius 3 is 2.77 bits per heavy atom. The molecule has 8 nitrogen and oxygen atoms in total. The second kappa shape index (κ2) is 8.95. The maximum Gasteiger partial charge on any atom is 0.149 e. The fourth-order valence-corrected chi connectivity index (χ4v) is 5.75. The predicted octanol–water partition coefficient (Wildman–Crippen LogP) is 3.97. The summed E-state index contributed by atoms with van der Waals surface area (Å²) in [7, 11) is -3.04. The summed E-state index contributed by atoms with van der Waals surface area (Å²) in [6, 6.07) is 9.98. The van der Waals surface area contributed by atoms with Gasteiger partial charge in [0.25, 0.3) is 0 Å². The third-order valence-corrected chi connectivity index (χ3v) is 7.91. The van der Waals surface area contributed by atoms with Gasteiger partial charge in [-0.3, -0.25) is 0 Å².